The van der Waals surface area contributed by atoms with E-state index in [2.05, 4.69) is 117 Å². The number of rotatable bonds is 8. The molecule has 0 amide bonds. The Morgan fingerprint density at radius 1 is 0.807 bits per heavy atom. The molecule has 280 valence electrons. The van der Waals surface area contributed by atoms with E-state index in [-0.39, 0.29) is 5.84 Å². The molecule has 2 aliphatic carbocycles. The SMILES string of the molecule is C=CC=NC(=N)c1ccc2c(c1)c1cc3c4c(c1n2C(/C=C\N)=C/CC)CCc1cc2c5cc(C(N=CC=C)=NC)ccc5n(-c5ccnc(C)c5)c2c(c1-4)CC3. The van der Waals surface area contributed by atoms with Crippen LogP contribution in [0.15, 0.2) is 125 Å². The molecule has 2 aliphatic rings. The summed E-state index contributed by atoms with van der Waals surface area (Å²) in [5.74, 6) is 0.879. The molecule has 8 nitrogen and oxygen atoms in total. The van der Waals surface area contributed by atoms with Gasteiger partial charge in [0.2, 0.25) is 0 Å². The zero-order valence-electron chi connectivity index (χ0n) is 32.6. The van der Waals surface area contributed by atoms with Crippen LogP contribution in [-0.4, -0.2) is 45.3 Å². The Bertz CT molecular complexity index is 3030. The van der Waals surface area contributed by atoms with E-state index in [9.17, 15) is 0 Å². The monoisotopic (exact) mass is 744 g/mol. The highest BCUT2D eigenvalue weighted by Crippen LogP contribution is 2.51. The lowest BCUT2D eigenvalue weighted by atomic mass is 9.74. The predicted octanol–water partition coefficient (Wildman–Crippen LogP) is 10.4. The summed E-state index contributed by atoms with van der Waals surface area (Å²) in [6.45, 7) is 11.8. The van der Waals surface area contributed by atoms with Crippen LogP contribution in [0.3, 0.4) is 0 Å². The molecule has 3 heterocycles. The van der Waals surface area contributed by atoms with Crippen molar-refractivity contribution in [2.75, 3.05) is 7.05 Å². The van der Waals surface area contributed by atoms with Crippen LogP contribution >= 0.6 is 0 Å². The fourth-order valence-electron chi connectivity index (χ4n) is 9.28. The molecule has 0 saturated heterocycles. The lowest BCUT2D eigenvalue weighted by Crippen LogP contribution is -2.16. The molecule has 0 spiro atoms. The van der Waals surface area contributed by atoms with Gasteiger partial charge in [0.1, 0.15) is 0 Å². The van der Waals surface area contributed by atoms with E-state index in [1.807, 2.05) is 18.3 Å². The fourth-order valence-corrected chi connectivity index (χ4v) is 9.28. The third-order valence-corrected chi connectivity index (χ3v) is 11.4. The van der Waals surface area contributed by atoms with E-state index in [0.717, 1.165) is 76.7 Å². The van der Waals surface area contributed by atoms with Crippen LogP contribution in [0.5, 0.6) is 0 Å². The van der Waals surface area contributed by atoms with Crippen molar-refractivity contribution in [1.29, 1.82) is 5.41 Å². The third kappa shape index (κ3) is 5.62. The van der Waals surface area contributed by atoms with Crippen molar-refractivity contribution in [2.24, 2.45) is 20.7 Å². The summed E-state index contributed by atoms with van der Waals surface area (Å²) in [5.41, 5.74) is 23.9. The Labute approximate surface area is 332 Å². The highest BCUT2D eigenvalue weighted by Gasteiger charge is 2.33. The van der Waals surface area contributed by atoms with Gasteiger partial charge in [0.15, 0.2) is 11.7 Å². The first kappa shape index (κ1) is 35.8. The lowest BCUT2D eigenvalue weighted by Gasteiger charge is -2.31. The van der Waals surface area contributed by atoms with Crippen LogP contribution in [0.4, 0.5) is 0 Å². The molecule has 8 heteroatoms. The van der Waals surface area contributed by atoms with Crippen molar-refractivity contribution in [1.82, 2.24) is 14.1 Å². The van der Waals surface area contributed by atoms with Crippen molar-refractivity contribution >= 4 is 73.4 Å². The standard InChI is InChI=1S/C49H44N8/c1-6-9-34(18-20-50)56-42-16-12-32(48(51)54-21-7-2)27-38(42)40-25-30-11-15-37-45-31(10-14-36(44(30)45)46(40)56)26-41-39-28-33(49(52-5)55-22-8-3)13-17-43(39)57(47(37)41)35-19-23-53-29(4)24-35/h7-9,12-13,16-28,51H,2-3,6,10-11,14-15,50H2,1,4-5H3/b20-18-,34-9+,51-48?,52-49?,54-21?,55-22?. The Balaban J connectivity index is 1.38. The van der Waals surface area contributed by atoms with Crippen LogP contribution in [0.2, 0.25) is 0 Å². The summed E-state index contributed by atoms with van der Waals surface area (Å²) >= 11 is 0. The number of allylic oxidation sites excluding steroid dienone is 5. The van der Waals surface area contributed by atoms with Gasteiger partial charge in [-0.25, -0.2) is 9.98 Å². The number of pyridine rings is 1. The molecule has 0 saturated carbocycles. The highest BCUT2D eigenvalue weighted by molar-refractivity contribution is 6.18. The van der Waals surface area contributed by atoms with Crippen molar-refractivity contribution < 1.29 is 0 Å². The van der Waals surface area contributed by atoms with Crippen LogP contribution in [-0.2, 0) is 25.7 Å². The number of nitrogens with zero attached hydrogens (tertiary/aromatic N) is 6. The largest absolute Gasteiger partial charge is 0.405 e. The minimum absolute atomic E-state index is 0.209. The number of amidine groups is 2. The van der Waals surface area contributed by atoms with Gasteiger partial charge in [-0.2, -0.15) is 0 Å². The topological polar surface area (TPSA) is 110 Å². The van der Waals surface area contributed by atoms with Gasteiger partial charge in [0.05, 0.1) is 22.1 Å². The zero-order chi connectivity index (χ0) is 39.4. The second-order valence-corrected chi connectivity index (χ2v) is 14.7. The molecule has 4 aromatic carbocycles. The minimum atomic E-state index is 0.209. The quantitative estimate of drug-likeness (QED) is 0.0917. The number of aromatic nitrogens is 3. The van der Waals surface area contributed by atoms with Gasteiger partial charge in [-0.15, -0.1) is 0 Å². The smallest absolute Gasteiger partial charge is 0.154 e. The van der Waals surface area contributed by atoms with Crippen molar-refractivity contribution in [3.8, 4) is 16.8 Å². The summed E-state index contributed by atoms with van der Waals surface area (Å²) in [7, 11) is 1.78. The molecule has 3 aromatic heterocycles. The van der Waals surface area contributed by atoms with Crippen LogP contribution in [0.1, 0.15) is 52.4 Å². The van der Waals surface area contributed by atoms with Crippen molar-refractivity contribution in [3.05, 3.63) is 150 Å². The molecule has 0 radical (unpaired) electrons. The number of nitrogens with two attached hydrogens (primary N) is 1. The summed E-state index contributed by atoms with van der Waals surface area (Å²) in [4.78, 5) is 18.0. The van der Waals surface area contributed by atoms with Crippen molar-refractivity contribution in [3.63, 3.8) is 0 Å². The lowest BCUT2D eigenvalue weighted by molar-refractivity contribution is 0.883. The first-order valence-corrected chi connectivity index (χ1v) is 19.5. The molecule has 9 rings (SSSR count). The highest BCUT2D eigenvalue weighted by atomic mass is 15.0. The molecule has 0 bridgehead atoms. The number of hydrogen-bond donors (Lipinski definition) is 2. The Kier molecular flexibility index (Phi) is 8.96. The Morgan fingerprint density at radius 3 is 2.14 bits per heavy atom. The third-order valence-electron chi connectivity index (χ3n) is 11.4. The number of nitrogens with one attached hydrogen (secondary N) is 1. The van der Waals surface area contributed by atoms with E-state index < -0.39 is 0 Å². The second kappa shape index (κ2) is 14.3. The summed E-state index contributed by atoms with van der Waals surface area (Å²) < 4.78 is 4.84. The van der Waals surface area contributed by atoms with Gasteiger partial charge in [-0.05, 0) is 145 Å². The van der Waals surface area contributed by atoms with E-state index in [4.69, 9.17) is 11.1 Å². The normalized spacial score (nSPS) is 14.3. The van der Waals surface area contributed by atoms with Gasteiger partial charge in [0.25, 0.3) is 0 Å². The number of fused-ring (bicyclic) bond motifs is 8. The Morgan fingerprint density at radius 2 is 1.46 bits per heavy atom. The van der Waals surface area contributed by atoms with Gasteiger partial charge >= 0.3 is 0 Å². The van der Waals surface area contributed by atoms with Gasteiger partial charge in [-0.3, -0.25) is 15.4 Å². The van der Waals surface area contributed by atoms with Crippen LogP contribution in [0, 0.1) is 12.3 Å². The molecule has 3 N–H and O–H groups in total. The molecule has 0 aliphatic heterocycles. The molecular formula is C49H44N8. The molecular weight excluding hydrogens is 701 g/mol. The zero-order valence-corrected chi connectivity index (χ0v) is 32.6. The van der Waals surface area contributed by atoms with E-state index in [0.29, 0.717) is 5.84 Å². The van der Waals surface area contributed by atoms with E-state index in [1.165, 1.54) is 60.6 Å². The van der Waals surface area contributed by atoms with E-state index in [1.54, 1.807) is 37.8 Å². The number of hydrogen-bond acceptors (Lipinski definition) is 4. The van der Waals surface area contributed by atoms with Crippen molar-refractivity contribution in [2.45, 2.75) is 46.0 Å². The van der Waals surface area contributed by atoms with Crippen LogP contribution in [0.25, 0.3) is 66.1 Å². The maximum absolute atomic E-state index is 8.71. The maximum Gasteiger partial charge on any atom is 0.154 e. The Hall–Kier alpha value is -6.93. The number of aliphatic imine (C=N–C) groups is 3. The molecule has 0 fully saturated rings. The van der Waals surface area contributed by atoms with E-state index >= 15 is 0 Å². The average molecular weight is 745 g/mol. The average Bonchev–Trinajstić information content (AvgIpc) is 3.73. The number of aryl methyl sites for hydroxylation is 5. The first-order chi connectivity index (χ1) is 27.9. The second-order valence-electron chi connectivity index (χ2n) is 14.7. The minimum Gasteiger partial charge on any atom is -0.405 e. The first-order valence-electron chi connectivity index (χ1n) is 19.5. The van der Waals surface area contributed by atoms with Gasteiger partial charge < -0.3 is 14.9 Å². The summed E-state index contributed by atoms with van der Waals surface area (Å²) in [5, 5.41) is 13.4. The van der Waals surface area contributed by atoms with Crippen LogP contribution < -0.4 is 5.73 Å². The van der Waals surface area contributed by atoms with Gasteiger partial charge in [0, 0.05) is 75.4 Å². The number of benzene rings is 4. The fraction of sp³-hybridized carbons (Fsp3) is 0.163. The predicted molar refractivity (Wildman–Crippen MR) is 241 cm³/mol. The molecule has 0 atom stereocenters. The summed E-state index contributed by atoms with van der Waals surface area (Å²) in [6, 6.07) is 22.0. The maximum atomic E-state index is 8.71. The molecule has 57 heavy (non-hydrogen) atoms. The molecule has 0 unspecified atom stereocenters. The van der Waals surface area contributed by atoms with Gasteiger partial charge in [-0.1, -0.05) is 38.3 Å². The summed E-state index contributed by atoms with van der Waals surface area (Å²) in [6.07, 6.45) is 18.8. The molecule has 7 aromatic rings.